The highest BCUT2D eigenvalue weighted by molar-refractivity contribution is 6.31. The van der Waals surface area contributed by atoms with Gasteiger partial charge in [-0.05, 0) is 30.7 Å². The van der Waals surface area contributed by atoms with Crippen LogP contribution in [0.15, 0.2) is 48.0 Å². The highest BCUT2D eigenvalue weighted by atomic mass is 35.5. The van der Waals surface area contributed by atoms with Gasteiger partial charge in [0.15, 0.2) is 0 Å². The molecule has 2 aromatic carbocycles. The van der Waals surface area contributed by atoms with Crippen molar-refractivity contribution in [1.82, 2.24) is 0 Å². The fourth-order valence-electron chi connectivity index (χ4n) is 2.76. The van der Waals surface area contributed by atoms with Crippen LogP contribution in [0.5, 0.6) is 0 Å². The summed E-state index contributed by atoms with van der Waals surface area (Å²) < 4.78 is 18.9. The molecule has 1 aliphatic heterocycles. The molecule has 5 heteroatoms. The van der Waals surface area contributed by atoms with Gasteiger partial charge in [0.2, 0.25) is 0 Å². The number of benzene rings is 2. The lowest BCUT2D eigenvalue weighted by Crippen LogP contribution is -2.31. The maximum Gasteiger partial charge on any atom is 0.335 e. The van der Waals surface area contributed by atoms with E-state index < -0.39 is 5.82 Å². The second-order valence-electron chi connectivity index (χ2n) is 5.56. The molecule has 1 aliphatic rings. The van der Waals surface area contributed by atoms with Crippen LogP contribution in [0, 0.1) is 5.82 Å². The Kier molecular flexibility index (Phi) is 4.86. The normalized spacial score (nSPS) is 13.3. The van der Waals surface area contributed by atoms with E-state index in [1.807, 2.05) is 35.2 Å². The fourth-order valence-corrected chi connectivity index (χ4v) is 2.92. The lowest BCUT2D eigenvalue weighted by Gasteiger charge is -2.31. The lowest BCUT2D eigenvalue weighted by atomic mass is 10.0. The first-order chi connectivity index (χ1) is 11.6. The Morgan fingerprint density at radius 2 is 2.04 bits per heavy atom. The number of nitrogens with zero attached hydrogens (tertiary/aromatic N) is 1. The van der Waals surface area contributed by atoms with Gasteiger partial charge in [-0.3, -0.25) is 0 Å². The minimum absolute atomic E-state index is 0.0693. The van der Waals surface area contributed by atoms with Crippen molar-refractivity contribution in [3.8, 4) is 0 Å². The Morgan fingerprint density at radius 1 is 1.29 bits per heavy atom. The summed E-state index contributed by atoms with van der Waals surface area (Å²) in [6.45, 7) is 3.04. The number of halogens is 2. The number of esters is 1. The molecular formula is C19H17ClFNO2. The van der Waals surface area contributed by atoms with Crippen LogP contribution >= 0.6 is 11.6 Å². The van der Waals surface area contributed by atoms with Crippen LogP contribution in [0.1, 0.15) is 18.1 Å². The van der Waals surface area contributed by atoms with Gasteiger partial charge in [-0.1, -0.05) is 41.9 Å². The molecule has 0 bridgehead atoms. The molecule has 0 aliphatic carbocycles. The van der Waals surface area contributed by atoms with Crippen LogP contribution in [0.4, 0.5) is 10.1 Å². The van der Waals surface area contributed by atoms with E-state index in [1.165, 1.54) is 6.07 Å². The van der Waals surface area contributed by atoms with Crippen LogP contribution in [-0.2, 0) is 16.1 Å². The summed E-state index contributed by atoms with van der Waals surface area (Å²) in [5, 5.41) is 0.0693. The van der Waals surface area contributed by atoms with Crippen molar-refractivity contribution in [3.63, 3.8) is 0 Å². The largest absolute Gasteiger partial charge is 0.463 e. The monoisotopic (exact) mass is 345 g/mol. The van der Waals surface area contributed by atoms with E-state index >= 15 is 0 Å². The maximum atomic E-state index is 13.8. The van der Waals surface area contributed by atoms with E-state index in [4.69, 9.17) is 16.3 Å². The molecule has 3 nitrogen and oxygen atoms in total. The molecule has 0 radical (unpaired) electrons. The highest BCUT2D eigenvalue weighted by Gasteiger charge is 2.24. The van der Waals surface area contributed by atoms with Gasteiger partial charge in [0.25, 0.3) is 0 Å². The molecule has 0 atom stereocenters. The van der Waals surface area contributed by atoms with E-state index in [1.54, 1.807) is 19.1 Å². The van der Waals surface area contributed by atoms with Crippen molar-refractivity contribution in [2.45, 2.75) is 13.5 Å². The van der Waals surface area contributed by atoms with Crippen LogP contribution < -0.4 is 4.90 Å². The van der Waals surface area contributed by atoms with Crippen molar-refractivity contribution in [1.29, 1.82) is 0 Å². The SMILES string of the molecule is CCOC(=O)C1=Cc2cc(F)c(Cl)cc2N(Cc2ccccc2)C1. The van der Waals surface area contributed by atoms with Crippen molar-refractivity contribution < 1.29 is 13.9 Å². The number of carbonyl (C=O) groups excluding carboxylic acids is 1. The molecular weight excluding hydrogens is 329 g/mol. The van der Waals surface area contributed by atoms with Crippen molar-refractivity contribution in [3.05, 3.63) is 70.0 Å². The molecule has 0 amide bonds. The first kappa shape index (κ1) is 16.5. The van der Waals surface area contributed by atoms with Crippen molar-refractivity contribution in [2.75, 3.05) is 18.1 Å². The minimum atomic E-state index is -0.503. The fraction of sp³-hybridized carbons (Fsp3) is 0.211. The van der Waals surface area contributed by atoms with Crippen LogP contribution in [-0.4, -0.2) is 19.1 Å². The van der Waals surface area contributed by atoms with Gasteiger partial charge in [0.05, 0.1) is 23.7 Å². The molecule has 0 saturated carbocycles. The van der Waals surface area contributed by atoms with Crippen molar-refractivity contribution >= 4 is 29.3 Å². The zero-order chi connectivity index (χ0) is 17.1. The topological polar surface area (TPSA) is 29.5 Å². The molecule has 0 spiro atoms. The average Bonchev–Trinajstić information content (AvgIpc) is 2.57. The lowest BCUT2D eigenvalue weighted by molar-refractivity contribution is -0.138. The first-order valence-corrected chi connectivity index (χ1v) is 8.12. The van der Waals surface area contributed by atoms with Crippen LogP contribution in [0.3, 0.4) is 0 Å². The number of fused-ring (bicyclic) bond motifs is 1. The first-order valence-electron chi connectivity index (χ1n) is 7.74. The summed E-state index contributed by atoms with van der Waals surface area (Å²) in [7, 11) is 0. The Morgan fingerprint density at radius 3 is 2.75 bits per heavy atom. The number of hydrogen-bond donors (Lipinski definition) is 0. The zero-order valence-electron chi connectivity index (χ0n) is 13.3. The quantitative estimate of drug-likeness (QED) is 0.767. The number of rotatable bonds is 4. The van der Waals surface area contributed by atoms with Crippen LogP contribution in [0.25, 0.3) is 6.08 Å². The summed E-state index contributed by atoms with van der Waals surface area (Å²) in [6, 6.07) is 12.8. The average molecular weight is 346 g/mol. The molecule has 0 saturated heterocycles. The molecule has 24 heavy (non-hydrogen) atoms. The summed E-state index contributed by atoms with van der Waals surface area (Å²) in [5.74, 6) is -0.881. The van der Waals surface area contributed by atoms with E-state index in [9.17, 15) is 9.18 Å². The predicted molar refractivity (Wildman–Crippen MR) is 93.5 cm³/mol. The number of ether oxygens (including phenoxy) is 1. The van der Waals surface area contributed by atoms with Gasteiger partial charge in [-0.15, -0.1) is 0 Å². The Labute approximate surface area is 145 Å². The van der Waals surface area contributed by atoms with Gasteiger partial charge >= 0.3 is 5.97 Å². The maximum absolute atomic E-state index is 13.8. The third-order valence-corrected chi connectivity index (χ3v) is 4.14. The van der Waals surface area contributed by atoms with Gasteiger partial charge in [-0.2, -0.15) is 0 Å². The molecule has 1 heterocycles. The Bertz CT molecular complexity index is 789. The molecule has 0 N–H and O–H groups in total. The molecule has 0 fully saturated rings. The van der Waals surface area contributed by atoms with Gasteiger partial charge in [0, 0.05) is 17.8 Å². The second-order valence-corrected chi connectivity index (χ2v) is 5.96. The van der Waals surface area contributed by atoms with E-state index in [0.29, 0.717) is 30.8 Å². The molecule has 0 aromatic heterocycles. The zero-order valence-corrected chi connectivity index (χ0v) is 14.0. The summed E-state index contributed by atoms with van der Waals surface area (Å²) >= 11 is 5.95. The second kappa shape index (κ2) is 7.05. The molecule has 3 rings (SSSR count). The third kappa shape index (κ3) is 3.44. The standard InChI is InChI=1S/C19H17ClFNO2/c1-2-24-19(23)15-8-14-9-17(21)16(20)10-18(14)22(12-15)11-13-6-4-3-5-7-13/h3-10H,2,11-12H2,1H3. The predicted octanol–water partition coefficient (Wildman–Crippen LogP) is 4.45. The van der Waals surface area contributed by atoms with Gasteiger partial charge < -0.3 is 9.64 Å². The van der Waals surface area contributed by atoms with Crippen LogP contribution in [0.2, 0.25) is 5.02 Å². The van der Waals surface area contributed by atoms with E-state index in [2.05, 4.69) is 0 Å². The third-order valence-electron chi connectivity index (χ3n) is 3.86. The van der Waals surface area contributed by atoms with E-state index in [0.717, 1.165) is 11.3 Å². The van der Waals surface area contributed by atoms with Gasteiger partial charge in [0.1, 0.15) is 5.82 Å². The smallest absolute Gasteiger partial charge is 0.335 e. The summed E-state index contributed by atoms with van der Waals surface area (Å²) in [6.07, 6.45) is 1.67. The number of hydrogen-bond acceptors (Lipinski definition) is 3. The summed E-state index contributed by atoms with van der Waals surface area (Å²) in [4.78, 5) is 14.1. The van der Waals surface area contributed by atoms with Gasteiger partial charge in [-0.25, -0.2) is 9.18 Å². The summed E-state index contributed by atoms with van der Waals surface area (Å²) in [5.41, 5.74) is 3.02. The highest BCUT2D eigenvalue weighted by Crippen LogP contribution is 2.34. The molecule has 124 valence electrons. The van der Waals surface area contributed by atoms with E-state index in [-0.39, 0.29) is 11.0 Å². The minimum Gasteiger partial charge on any atom is -0.463 e. The number of anilines is 1. The van der Waals surface area contributed by atoms with Crippen molar-refractivity contribution in [2.24, 2.45) is 0 Å². The Hall–Kier alpha value is -2.33. The molecule has 2 aromatic rings. The Balaban J connectivity index is 1.99. The molecule has 0 unspecified atom stereocenters. The number of carbonyl (C=O) groups is 1.